The maximum Gasteiger partial charge on any atom is 0.423 e. The molecule has 0 fully saturated rings. The lowest BCUT2D eigenvalue weighted by Crippen LogP contribution is -2.44. The van der Waals surface area contributed by atoms with Gasteiger partial charge in [-0.3, -0.25) is 0 Å². The second-order valence-electron chi connectivity index (χ2n) is 4.32. The molecule has 0 saturated carbocycles. The molecule has 1 N–H and O–H groups in total. The zero-order valence-electron chi connectivity index (χ0n) is 11.1. The number of ether oxygens (including phenoxy) is 1. The smallest absolute Gasteiger partial charge is 0.423 e. The number of hydrogen-bond acceptors (Lipinski definition) is 3. The quantitative estimate of drug-likeness (QED) is 0.613. The Labute approximate surface area is 117 Å². The zero-order valence-corrected chi connectivity index (χ0v) is 11.1. The monoisotopic (exact) mass is 319 g/mol. The van der Waals surface area contributed by atoms with Crippen molar-refractivity contribution >= 4 is 0 Å². The average Bonchev–Trinajstić information content (AvgIpc) is 2.74. The van der Waals surface area contributed by atoms with Crippen LogP contribution in [0.2, 0.25) is 0 Å². The SMILES string of the molecule is CCCNCc1ccoc1COC(C(F)(F)F)C(F)(F)F. The minimum absolute atomic E-state index is 0.0582. The first-order valence-corrected chi connectivity index (χ1v) is 6.17. The highest BCUT2D eigenvalue weighted by atomic mass is 19.4. The van der Waals surface area contributed by atoms with Crippen LogP contribution in [0.15, 0.2) is 16.7 Å². The van der Waals surface area contributed by atoms with E-state index in [2.05, 4.69) is 10.1 Å². The number of hydrogen-bond donors (Lipinski definition) is 1. The minimum atomic E-state index is -5.52. The lowest BCUT2D eigenvalue weighted by Gasteiger charge is -2.22. The Morgan fingerprint density at radius 1 is 1.19 bits per heavy atom. The van der Waals surface area contributed by atoms with Crippen molar-refractivity contribution in [1.29, 1.82) is 0 Å². The number of halogens is 6. The number of nitrogens with one attached hydrogen (secondary N) is 1. The van der Waals surface area contributed by atoms with Gasteiger partial charge in [0.15, 0.2) is 0 Å². The average molecular weight is 319 g/mol. The van der Waals surface area contributed by atoms with Gasteiger partial charge in [0, 0.05) is 12.1 Å². The van der Waals surface area contributed by atoms with Gasteiger partial charge in [0.1, 0.15) is 12.4 Å². The Bertz CT molecular complexity index is 412. The molecular weight excluding hydrogens is 304 g/mol. The molecule has 0 spiro atoms. The van der Waals surface area contributed by atoms with E-state index in [1.807, 2.05) is 6.92 Å². The van der Waals surface area contributed by atoms with Crippen LogP contribution in [-0.4, -0.2) is 25.0 Å². The van der Waals surface area contributed by atoms with Gasteiger partial charge in [0.25, 0.3) is 0 Å². The third kappa shape index (κ3) is 5.58. The van der Waals surface area contributed by atoms with Gasteiger partial charge in [0.05, 0.1) is 6.26 Å². The fraction of sp³-hybridized carbons (Fsp3) is 0.667. The van der Waals surface area contributed by atoms with Crippen LogP contribution in [0.3, 0.4) is 0 Å². The van der Waals surface area contributed by atoms with E-state index in [-0.39, 0.29) is 12.3 Å². The molecule has 0 aliphatic heterocycles. The van der Waals surface area contributed by atoms with E-state index in [1.165, 1.54) is 12.3 Å². The summed E-state index contributed by atoms with van der Waals surface area (Å²) in [6.45, 7) is 1.97. The van der Waals surface area contributed by atoms with Crippen molar-refractivity contribution in [2.45, 2.75) is 45.0 Å². The van der Waals surface area contributed by atoms with Gasteiger partial charge in [-0.25, -0.2) is 0 Å². The van der Waals surface area contributed by atoms with Crippen molar-refractivity contribution in [2.24, 2.45) is 0 Å². The third-order valence-corrected chi connectivity index (χ3v) is 2.56. The summed E-state index contributed by atoms with van der Waals surface area (Å²) in [6.07, 6.45) is -12.8. The third-order valence-electron chi connectivity index (χ3n) is 2.56. The molecule has 1 aromatic rings. The van der Waals surface area contributed by atoms with Gasteiger partial charge < -0.3 is 14.5 Å². The van der Waals surface area contributed by atoms with Crippen molar-refractivity contribution in [3.05, 3.63) is 23.7 Å². The fourth-order valence-corrected chi connectivity index (χ4v) is 1.58. The Morgan fingerprint density at radius 2 is 1.81 bits per heavy atom. The van der Waals surface area contributed by atoms with E-state index < -0.39 is 25.1 Å². The van der Waals surface area contributed by atoms with E-state index in [4.69, 9.17) is 4.42 Å². The van der Waals surface area contributed by atoms with Gasteiger partial charge in [-0.15, -0.1) is 0 Å². The number of furan rings is 1. The second-order valence-corrected chi connectivity index (χ2v) is 4.32. The standard InChI is InChI=1S/C12H15F6NO2/c1-2-4-19-6-8-3-5-20-9(8)7-21-10(11(13,14)15)12(16,17)18/h3,5,10,19H,2,4,6-7H2,1H3. The Balaban J connectivity index is 2.67. The lowest BCUT2D eigenvalue weighted by atomic mass is 10.2. The van der Waals surface area contributed by atoms with Crippen LogP contribution in [0.4, 0.5) is 26.3 Å². The number of rotatable bonds is 7. The predicted molar refractivity (Wildman–Crippen MR) is 61.4 cm³/mol. The van der Waals surface area contributed by atoms with Gasteiger partial charge in [-0.1, -0.05) is 6.92 Å². The molecule has 1 aromatic heterocycles. The Kier molecular flexibility index (Phi) is 6.09. The summed E-state index contributed by atoms with van der Waals surface area (Å²) in [7, 11) is 0. The summed E-state index contributed by atoms with van der Waals surface area (Å²) in [5.74, 6) is -0.0582. The number of alkyl halides is 6. The first-order valence-electron chi connectivity index (χ1n) is 6.17. The molecule has 122 valence electrons. The molecule has 0 amide bonds. The van der Waals surface area contributed by atoms with E-state index in [1.54, 1.807) is 0 Å². The molecule has 21 heavy (non-hydrogen) atoms. The molecule has 9 heteroatoms. The molecule has 0 atom stereocenters. The van der Waals surface area contributed by atoms with Crippen molar-refractivity contribution in [3.8, 4) is 0 Å². The molecule has 1 heterocycles. The van der Waals surface area contributed by atoms with E-state index in [0.29, 0.717) is 12.1 Å². The predicted octanol–water partition coefficient (Wildman–Crippen LogP) is 3.79. The first-order chi connectivity index (χ1) is 9.66. The normalized spacial score (nSPS) is 13.1. The Hall–Kier alpha value is -1.22. The van der Waals surface area contributed by atoms with Gasteiger partial charge in [-0.2, -0.15) is 26.3 Å². The van der Waals surface area contributed by atoms with Crippen LogP contribution in [0, 0.1) is 0 Å². The molecule has 3 nitrogen and oxygen atoms in total. The van der Waals surface area contributed by atoms with Crippen LogP contribution in [0.5, 0.6) is 0 Å². The van der Waals surface area contributed by atoms with Crippen LogP contribution < -0.4 is 5.32 Å². The largest absolute Gasteiger partial charge is 0.467 e. The second kappa shape index (κ2) is 7.17. The minimum Gasteiger partial charge on any atom is -0.467 e. The molecule has 0 bridgehead atoms. The van der Waals surface area contributed by atoms with Crippen LogP contribution >= 0.6 is 0 Å². The topological polar surface area (TPSA) is 34.4 Å². The molecule has 0 unspecified atom stereocenters. The maximum atomic E-state index is 12.3. The van der Waals surface area contributed by atoms with Crippen LogP contribution in [0.1, 0.15) is 24.7 Å². The van der Waals surface area contributed by atoms with Crippen LogP contribution in [-0.2, 0) is 17.9 Å². The zero-order chi connectivity index (χ0) is 16.1. The van der Waals surface area contributed by atoms with E-state index in [0.717, 1.165) is 6.42 Å². The van der Waals surface area contributed by atoms with Crippen molar-refractivity contribution < 1.29 is 35.5 Å². The molecule has 1 rings (SSSR count). The highest BCUT2D eigenvalue weighted by Crippen LogP contribution is 2.36. The van der Waals surface area contributed by atoms with E-state index >= 15 is 0 Å². The van der Waals surface area contributed by atoms with Gasteiger partial charge in [0.2, 0.25) is 6.10 Å². The molecule has 0 aliphatic rings. The summed E-state index contributed by atoms with van der Waals surface area (Å²) < 4.78 is 82.7. The van der Waals surface area contributed by atoms with E-state index in [9.17, 15) is 26.3 Å². The maximum absolute atomic E-state index is 12.3. The summed E-state index contributed by atoms with van der Waals surface area (Å²) in [6, 6.07) is 1.47. The lowest BCUT2D eigenvalue weighted by molar-refractivity contribution is -0.325. The summed E-state index contributed by atoms with van der Waals surface area (Å²) >= 11 is 0. The molecule has 0 radical (unpaired) electrons. The van der Waals surface area contributed by atoms with Crippen molar-refractivity contribution in [2.75, 3.05) is 6.54 Å². The Morgan fingerprint density at radius 3 is 2.33 bits per heavy atom. The molecule has 0 aromatic carbocycles. The molecule has 0 aliphatic carbocycles. The highest BCUT2D eigenvalue weighted by Gasteiger charge is 2.58. The van der Waals surface area contributed by atoms with Crippen molar-refractivity contribution in [1.82, 2.24) is 5.32 Å². The van der Waals surface area contributed by atoms with Gasteiger partial charge >= 0.3 is 12.4 Å². The van der Waals surface area contributed by atoms with Crippen molar-refractivity contribution in [3.63, 3.8) is 0 Å². The molecule has 0 saturated heterocycles. The van der Waals surface area contributed by atoms with Gasteiger partial charge in [-0.05, 0) is 19.0 Å². The summed E-state index contributed by atoms with van der Waals surface area (Å²) in [4.78, 5) is 0. The first kappa shape index (κ1) is 17.8. The summed E-state index contributed by atoms with van der Waals surface area (Å²) in [5, 5.41) is 2.97. The molecular formula is C12H15F6NO2. The van der Waals surface area contributed by atoms with Crippen LogP contribution in [0.25, 0.3) is 0 Å². The summed E-state index contributed by atoms with van der Waals surface area (Å²) in [5.41, 5.74) is 0.464. The fourth-order valence-electron chi connectivity index (χ4n) is 1.58. The highest BCUT2D eigenvalue weighted by molar-refractivity contribution is 5.16.